The fourth-order valence-electron chi connectivity index (χ4n) is 2.20. The van der Waals surface area contributed by atoms with Crippen LogP contribution in [0.4, 0.5) is 0 Å². The molecule has 21 heavy (non-hydrogen) atoms. The average Bonchev–Trinajstić information content (AvgIpc) is 2.57. The predicted molar refractivity (Wildman–Crippen MR) is 94.6 cm³/mol. The first-order chi connectivity index (χ1) is 10.2. The lowest BCUT2D eigenvalue weighted by Crippen LogP contribution is -1.74. The lowest BCUT2D eigenvalue weighted by Gasteiger charge is -1.99. The van der Waals surface area contributed by atoms with Crippen LogP contribution in [-0.4, -0.2) is 0 Å². The fraction of sp³-hybridized carbons (Fsp3) is 0.0526. The van der Waals surface area contributed by atoms with Crippen LogP contribution in [0.5, 0.6) is 0 Å². The molecule has 104 valence electrons. The van der Waals surface area contributed by atoms with E-state index in [0.29, 0.717) is 0 Å². The van der Waals surface area contributed by atoms with E-state index in [4.69, 9.17) is 11.6 Å². The molecule has 1 aromatic heterocycles. The lowest BCUT2D eigenvalue weighted by molar-refractivity contribution is 1.60. The Labute approximate surface area is 134 Å². The molecule has 0 aliphatic rings. The lowest BCUT2D eigenvalue weighted by atomic mass is 10.1. The predicted octanol–water partition coefficient (Wildman–Crippen LogP) is 6.65. The summed E-state index contributed by atoms with van der Waals surface area (Å²) in [5, 5.41) is 2.01. The molecule has 0 N–H and O–H groups in total. The normalized spacial score (nSPS) is 10.4. The Morgan fingerprint density at radius 3 is 2.10 bits per heavy atom. The molecule has 0 nitrogen and oxygen atoms in total. The molecule has 3 rings (SSSR count). The summed E-state index contributed by atoms with van der Waals surface area (Å²) in [5.74, 6) is 0. The van der Waals surface area contributed by atoms with Crippen LogP contribution in [0.1, 0.15) is 4.88 Å². The molecule has 0 spiro atoms. The van der Waals surface area contributed by atoms with Gasteiger partial charge in [-0.1, -0.05) is 60.1 Å². The van der Waals surface area contributed by atoms with E-state index in [2.05, 4.69) is 67.6 Å². The Morgan fingerprint density at radius 2 is 1.33 bits per heavy atom. The SMILES string of the molecule is Cc1ccc(-c2ccc(Cl)cc2)ccc2ccccc2s1. The molecule has 0 saturated heterocycles. The maximum atomic E-state index is 5.97. The first-order valence-electron chi connectivity index (χ1n) is 6.82. The van der Waals surface area contributed by atoms with Gasteiger partial charge in [0, 0.05) is 14.6 Å². The van der Waals surface area contributed by atoms with Gasteiger partial charge >= 0.3 is 0 Å². The van der Waals surface area contributed by atoms with E-state index < -0.39 is 0 Å². The average molecular weight is 311 g/mol. The molecule has 0 aliphatic carbocycles. The number of hydrogen-bond donors (Lipinski definition) is 0. The summed E-state index contributed by atoms with van der Waals surface area (Å²) in [7, 11) is 0. The Bertz CT molecular complexity index is 814. The molecule has 0 atom stereocenters. The highest BCUT2D eigenvalue weighted by Crippen LogP contribution is 2.23. The van der Waals surface area contributed by atoms with Crippen molar-refractivity contribution in [2.75, 3.05) is 0 Å². The molecule has 0 amide bonds. The Balaban J connectivity index is 2.25. The minimum Gasteiger partial charge on any atom is -0.141 e. The van der Waals surface area contributed by atoms with Crippen molar-refractivity contribution in [2.45, 2.75) is 6.92 Å². The molecular formula is C19H15ClS. The van der Waals surface area contributed by atoms with Crippen molar-refractivity contribution < 1.29 is 0 Å². The van der Waals surface area contributed by atoms with Gasteiger partial charge in [-0.15, -0.1) is 11.3 Å². The highest BCUT2D eigenvalue weighted by atomic mass is 35.5. The second-order valence-electron chi connectivity index (χ2n) is 4.88. The second-order valence-corrected chi connectivity index (χ2v) is 6.60. The van der Waals surface area contributed by atoms with Crippen molar-refractivity contribution >= 4 is 33.0 Å². The third kappa shape index (κ3) is 3.44. The molecule has 2 heteroatoms. The van der Waals surface area contributed by atoms with Crippen LogP contribution in [0, 0.1) is 6.92 Å². The van der Waals surface area contributed by atoms with E-state index >= 15 is 0 Å². The van der Waals surface area contributed by atoms with Crippen LogP contribution in [0.2, 0.25) is 5.02 Å². The highest BCUT2D eigenvalue weighted by Gasteiger charge is 1.96. The van der Waals surface area contributed by atoms with Gasteiger partial charge in [-0.2, -0.15) is 0 Å². The van der Waals surface area contributed by atoms with Crippen LogP contribution >= 0.6 is 22.9 Å². The molecule has 0 bridgehead atoms. The molecule has 3 aromatic rings. The number of fused-ring (bicyclic) bond motifs is 1. The fourth-order valence-corrected chi connectivity index (χ4v) is 3.21. The van der Waals surface area contributed by atoms with E-state index in [-0.39, 0.29) is 0 Å². The standard InChI is InChI=1S/C19H15ClS/c1-14-6-7-15(16-10-12-18(20)13-11-16)8-9-17-4-2-3-5-19(17)21-14/h2-13H,1H3. The van der Waals surface area contributed by atoms with Gasteiger partial charge in [-0.25, -0.2) is 0 Å². The minimum atomic E-state index is 0.763. The number of rotatable bonds is 1. The van der Waals surface area contributed by atoms with Crippen LogP contribution < -0.4 is 0 Å². The third-order valence-corrected chi connectivity index (χ3v) is 4.61. The van der Waals surface area contributed by atoms with Gasteiger partial charge in [0.2, 0.25) is 0 Å². The first-order valence-corrected chi connectivity index (χ1v) is 8.01. The summed E-state index contributed by atoms with van der Waals surface area (Å²) in [4.78, 5) is 1.28. The molecule has 2 aromatic carbocycles. The van der Waals surface area contributed by atoms with E-state index in [1.807, 2.05) is 12.1 Å². The van der Waals surface area contributed by atoms with Gasteiger partial charge in [-0.3, -0.25) is 0 Å². The van der Waals surface area contributed by atoms with E-state index in [0.717, 1.165) is 5.02 Å². The van der Waals surface area contributed by atoms with Gasteiger partial charge in [0.15, 0.2) is 0 Å². The Kier molecular flexibility index (Phi) is 4.23. The van der Waals surface area contributed by atoms with Crippen LogP contribution in [0.15, 0.2) is 72.8 Å². The Morgan fingerprint density at radius 1 is 0.714 bits per heavy atom. The zero-order valence-electron chi connectivity index (χ0n) is 11.7. The topological polar surface area (TPSA) is 0 Å². The monoisotopic (exact) mass is 310 g/mol. The number of aryl methyl sites for hydroxylation is 1. The quantitative estimate of drug-likeness (QED) is 0.471. The van der Waals surface area contributed by atoms with E-state index in [1.54, 1.807) is 11.3 Å². The van der Waals surface area contributed by atoms with Gasteiger partial charge in [0.1, 0.15) is 0 Å². The number of benzene rings is 2. The van der Waals surface area contributed by atoms with Gasteiger partial charge in [-0.05, 0) is 47.7 Å². The van der Waals surface area contributed by atoms with Crippen molar-refractivity contribution in [2.24, 2.45) is 0 Å². The first kappa shape index (κ1) is 14.1. The van der Waals surface area contributed by atoms with Crippen molar-refractivity contribution in [3.05, 3.63) is 82.7 Å². The molecule has 0 fully saturated rings. The van der Waals surface area contributed by atoms with Crippen LogP contribution in [0.3, 0.4) is 0 Å². The number of hydrogen-bond acceptors (Lipinski definition) is 1. The maximum absolute atomic E-state index is 5.97. The Hall–Kier alpha value is -1.83. The van der Waals surface area contributed by atoms with Crippen molar-refractivity contribution in [1.29, 1.82) is 0 Å². The smallest absolute Gasteiger partial charge is 0.0406 e. The van der Waals surface area contributed by atoms with Crippen LogP contribution in [-0.2, 0) is 0 Å². The zero-order valence-corrected chi connectivity index (χ0v) is 13.3. The van der Waals surface area contributed by atoms with E-state index in [9.17, 15) is 0 Å². The van der Waals surface area contributed by atoms with Gasteiger partial charge < -0.3 is 0 Å². The summed E-state index contributed by atoms with van der Waals surface area (Å²) in [6.45, 7) is 2.14. The molecule has 0 unspecified atom stereocenters. The molecule has 1 heterocycles. The highest BCUT2D eigenvalue weighted by molar-refractivity contribution is 7.18. The molecule has 0 aliphatic heterocycles. The summed E-state index contributed by atoms with van der Waals surface area (Å²) in [5.41, 5.74) is 2.35. The minimum absolute atomic E-state index is 0.763. The van der Waals surface area contributed by atoms with Gasteiger partial charge in [0.25, 0.3) is 0 Å². The second kappa shape index (κ2) is 6.30. The van der Waals surface area contributed by atoms with E-state index in [1.165, 1.54) is 26.1 Å². The molecular weight excluding hydrogens is 296 g/mol. The molecule has 0 saturated carbocycles. The molecule has 0 radical (unpaired) electrons. The van der Waals surface area contributed by atoms with Gasteiger partial charge in [0.05, 0.1) is 0 Å². The third-order valence-electron chi connectivity index (χ3n) is 3.31. The van der Waals surface area contributed by atoms with Crippen molar-refractivity contribution in [3.8, 4) is 11.1 Å². The summed E-state index contributed by atoms with van der Waals surface area (Å²) in [6, 6.07) is 25.1. The largest absolute Gasteiger partial charge is 0.141 e. The summed E-state index contributed by atoms with van der Waals surface area (Å²) in [6.07, 6.45) is 0. The van der Waals surface area contributed by atoms with Crippen molar-refractivity contribution in [1.82, 2.24) is 0 Å². The zero-order chi connectivity index (χ0) is 14.7. The van der Waals surface area contributed by atoms with Crippen molar-refractivity contribution in [3.63, 3.8) is 0 Å². The maximum Gasteiger partial charge on any atom is 0.0406 e. The number of halogens is 1. The van der Waals surface area contributed by atoms with Crippen LogP contribution in [0.25, 0.3) is 21.2 Å². The summed E-state index contributed by atoms with van der Waals surface area (Å²) >= 11 is 7.78. The summed E-state index contributed by atoms with van der Waals surface area (Å²) < 4.78 is 1.29.